The molecule has 1 N–H and O–H groups in total. The quantitative estimate of drug-likeness (QED) is 0.809. The van der Waals surface area contributed by atoms with Gasteiger partial charge in [0.05, 0.1) is 4.88 Å². The molecule has 2 aromatic rings. The molecule has 0 atom stereocenters. The maximum atomic E-state index is 4.42. The largest absolute Gasteiger partial charge is 0.326 e. The van der Waals surface area contributed by atoms with Crippen molar-refractivity contribution >= 4 is 11.3 Å². The SMILES string of the molecule is C=C(CNC(C)C)Cn1ccnc1-c1cccs1. The van der Waals surface area contributed by atoms with E-state index in [9.17, 15) is 0 Å². The van der Waals surface area contributed by atoms with Gasteiger partial charge in [-0.1, -0.05) is 26.5 Å². The van der Waals surface area contributed by atoms with Gasteiger partial charge in [-0.15, -0.1) is 11.3 Å². The molecular formula is C14H19N3S. The highest BCUT2D eigenvalue weighted by Gasteiger charge is 2.07. The minimum Gasteiger partial charge on any atom is -0.326 e. The predicted octanol–water partition coefficient (Wildman–Crippen LogP) is 3.17. The fourth-order valence-corrected chi connectivity index (χ4v) is 2.45. The number of nitrogens with one attached hydrogen (secondary N) is 1. The summed E-state index contributed by atoms with van der Waals surface area (Å²) < 4.78 is 2.15. The maximum absolute atomic E-state index is 4.42. The van der Waals surface area contributed by atoms with Crippen LogP contribution >= 0.6 is 11.3 Å². The molecule has 18 heavy (non-hydrogen) atoms. The smallest absolute Gasteiger partial charge is 0.150 e. The van der Waals surface area contributed by atoms with E-state index < -0.39 is 0 Å². The van der Waals surface area contributed by atoms with Gasteiger partial charge in [-0.3, -0.25) is 0 Å². The predicted molar refractivity (Wildman–Crippen MR) is 77.8 cm³/mol. The Morgan fingerprint density at radius 2 is 2.39 bits per heavy atom. The average molecular weight is 261 g/mol. The zero-order valence-electron chi connectivity index (χ0n) is 10.9. The minimum atomic E-state index is 0.487. The molecule has 2 rings (SSSR count). The zero-order valence-corrected chi connectivity index (χ0v) is 11.7. The molecule has 0 aliphatic rings. The molecule has 0 saturated heterocycles. The van der Waals surface area contributed by atoms with Crippen molar-refractivity contribution in [1.82, 2.24) is 14.9 Å². The van der Waals surface area contributed by atoms with Gasteiger partial charge >= 0.3 is 0 Å². The standard InChI is InChI=1S/C14H19N3S/c1-11(2)16-9-12(3)10-17-7-6-15-14(17)13-5-4-8-18-13/h4-8,11,16H,3,9-10H2,1-2H3. The third-order valence-corrected chi connectivity index (χ3v) is 3.48. The number of imidazole rings is 1. The van der Waals surface area contributed by atoms with Gasteiger partial charge in [-0.05, 0) is 17.0 Å². The van der Waals surface area contributed by atoms with Crippen LogP contribution in [0.1, 0.15) is 13.8 Å². The van der Waals surface area contributed by atoms with Gasteiger partial charge in [-0.2, -0.15) is 0 Å². The molecular weight excluding hydrogens is 242 g/mol. The van der Waals surface area contributed by atoms with Crippen LogP contribution in [-0.2, 0) is 6.54 Å². The van der Waals surface area contributed by atoms with E-state index in [1.165, 1.54) is 10.5 Å². The van der Waals surface area contributed by atoms with Crippen LogP contribution in [-0.4, -0.2) is 22.1 Å². The first-order valence-electron chi connectivity index (χ1n) is 6.12. The van der Waals surface area contributed by atoms with Crippen molar-refractivity contribution in [3.05, 3.63) is 42.1 Å². The number of hydrogen-bond donors (Lipinski definition) is 1. The molecule has 2 aromatic heterocycles. The van der Waals surface area contributed by atoms with Gasteiger partial charge in [0, 0.05) is 31.5 Å². The lowest BCUT2D eigenvalue weighted by Gasteiger charge is -2.12. The van der Waals surface area contributed by atoms with Gasteiger partial charge in [0.1, 0.15) is 5.82 Å². The molecule has 0 spiro atoms. The van der Waals surface area contributed by atoms with Crippen LogP contribution < -0.4 is 5.32 Å². The number of rotatable bonds is 6. The van der Waals surface area contributed by atoms with E-state index in [-0.39, 0.29) is 0 Å². The second-order valence-corrected chi connectivity index (χ2v) is 5.59. The van der Waals surface area contributed by atoms with Gasteiger partial charge in [-0.25, -0.2) is 4.98 Å². The summed E-state index contributed by atoms with van der Waals surface area (Å²) in [6.45, 7) is 10.1. The second-order valence-electron chi connectivity index (χ2n) is 4.64. The molecule has 0 aliphatic carbocycles. The molecule has 4 heteroatoms. The zero-order chi connectivity index (χ0) is 13.0. The summed E-state index contributed by atoms with van der Waals surface area (Å²) in [4.78, 5) is 5.62. The lowest BCUT2D eigenvalue weighted by Crippen LogP contribution is -2.25. The Labute approximate surface area is 112 Å². The summed E-state index contributed by atoms with van der Waals surface area (Å²) in [5, 5.41) is 5.45. The topological polar surface area (TPSA) is 29.9 Å². The number of aromatic nitrogens is 2. The van der Waals surface area contributed by atoms with Gasteiger partial charge in [0.25, 0.3) is 0 Å². The molecule has 3 nitrogen and oxygen atoms in total. The van der Waals surface area contributed by atoms with E-state index in [0.29, 0.717) is 6.04 Å². The third kappa shape index (κ3) is 3.31. The van der Waals surface area contributed by atoms with Crippen molar-refractivity contribution in [2.75, 3.05) is 6.54 Å². The summed E-state index contributed by atoms with van der Waals surface area (Å²) in [5.74, 6) is 1.02. The van der Waals surface area contributed by atoms with Crippen LogP contribution in [0.5, 0.6) is 0 Å². The van der Waals surface area contributed by atoms with Crippen molar-refractivity contribution in [2.45, 2.75) is 26.4 Å². The Hall–Kier alpha value is -1.39. The second kappa shape index (κ2) is 5.98. The van der Waals surface area contributed by atoms with Gasteiger partial charge < -0.3 is 9.88 Å². The number of nitrogens with zero attached hydrogens (tertiary/aromatic N) is 2. The van der Waals surface area contributed by atoms with Gasteiger partial charge in [0.2, 0.25) is 0 Å². The highest BCUT2D eigenvalue weighted by molar-refractivity contribution is 7.13. The maximum Gasteiger partial charge on any atom is 0.150 e. The Kier molecular flexibility index (Phi) is 4.33. The van der Waals surface area contributed by atoms with E-state index in [1.807, 2.05) is 18.5 Å². The van der Waals surface area contributed by atoms with Crippen molar-refractivity contribution in [1.29, 1.82) is 0 Å². The molecule has 0 aromatic carbocycles. The average Bonchev–Trinajstić information content (AvgIpc) is 2.95. The molecule has 0 amide bonds. The Bertz CT molecular complexity index is 497. The molecule has 0 aliphatic heterocycles. The molecule has 0 radical (unpaired) electrons. The number of hydrogen-bond acceptors (Lipinski definition) is 3. The van der Waals surface area contributed by atoms with Crippen molar-refractivity contribution in [3.8, 4) is 10.7 Å². The van der Waals surface area contributed by atoms with Crippen LogP contribution in [0.3, 0.4) is 0 Å². The minimum absolute atomic E-state index is 0.487. The van der Waals surface area contributed by atoms with E-state index in [2.05, 4.69) is 46.7 Å². The molecule has 0 bridgehead atoms. The van der Waals surface area contributed by atoms with E-state index in [1.54, 1.807) is 11.3 Å². The normalized spacial score (nSPS) is 11.1. The molecule has 0 fully saturated rings. The molecule has 0 unspecified atom stereocenters. The van der Waals surface area contributed by atoms with Crippen LogP contribution in [0.25, 0.3) is 10.7 Å². The first-order valence-corrected chi connectivity index (χ1v) is 7.00. The van der Waals surface area contributed by atoms with Crippen LogP contribution in [0, 0.1) is 0 Å². The molecule has 96 valence electrons. The highest BCUT2D eigenvalue weighted by Crippen LogP contribution is 2.23. The van der Waals surface area contributed by atoms with Crippen LogP contribution in [0.15, 0.2) is 42.1 Å². The van der Waals surface area contributed by atoms with E-state index in [0.717, 1.165) is 18.9 Å². The Morgan fingerprint density at radius 3 is 3.06 bits per heavy atom. The van der Waals surface area contributed by atoms with Gasteiger partial charge in [0.15, 0.2) is 0 Å². The lowest BCUT2D eigenvalue weighted by molar-refractivity contribution is 0.604. The fourth-order valence-electron chi connectivity index (χ4n) is 1.71. The van der Waals surface area contributed by atoms with Crippen LogP contribution in [0.2, 0.25) is 0 Å². The third-order valence-electron chi connectivity index (χ3n) is 2.61. The highest BCUT2D eigenvalue weighted by atomic mass is 32.1. The lowest BCUT2D eigenvalue weighted by atomic mass is 10.2. The van der Waals surface area contributed by atoms with Crippen molar-refractivity contribution in [2.24, 2.45) is 0 Å². The summed E-state index contributed by atoms with van der Waals surface area (Å²) in [6, 6.07) is 4.63. The Morgan fingerprint density at radius 1 is 1.56 bits per heavy atom. The van der Waals surface area contributed by atoms with Crippen molar-refractivity contribution in [3.63, 3.8) is 0 Å². The summed E-state index contributed by atoms with van der Waals surface area (Å²) in [7, 11) is 0. The van der Waals surface area contributed by atoms with Crippen LogP contribution in [0.4, 0.5) is 0 Å². The first-order chi connectivity index (χ1) is 8.66. The summed E-state index contributed by atoms with van der Waals surface area (Å²) in [5.41, 5.74) is 1.17. The van der Waals surface area contributed by atoms with E-state index >= 15 is 0 Å². The van der Waals surface area contributed by atoms with Crippen molar-refractivity contribution < 1.29 is 0 Å². The molecule has 2 heterocycles. The first kappa shape index (κ1) is 13.1. The fraction of sp³-hybridized carbons (Fsp3) is 0.357. The van der Waals surface area contributed by atoms with E-state index in [4.69, 9.17) is 0 Å². The molecule has 0 saturated carbocycles. The summed E-state index contributed by atoms with van der Waals surface area (Å²) >= 11 is 1.71. The summed E-state index contributed by atoms with van der Waals surface area (Å²) in [6.07, 6.45) is 3.85. The Balaban J connectivity index is 2.02. The monoisotopic (exact) mass is 261 g/mol. The number of thiophene rings is 1.